The molecule has 0 bridgehead atoms. The molecule has 0 radical (unpaired) electrons. The van der Waals surface area contributed by atoms with E-state index in [2.05, 4.69) is 15.6 Å². The van der Waals surface area contributed by atoms with Crippen LogP contribution in [-0.2, 0) is 16.6 Å². The Kier molecular flexibility index (Phi) is 10.6. The van der Waals surface area contributed by atoms with Crippen LogP contribution in [0.15, 0.2) is 29.3 Å². The number of guanidine groups is 1. The fourth-order valence-corrected chi connectivity index (χ4v) is 4.01. The molecule has 1 aliphatic rings. The summed E-state index contributed by atoms with van der Waals surface area (Å²) in [5, 5.41) is 6.32. The molecule has 172 valence electrons. The van der Waals surface area contributed by atoms with E-state index < -0.39 is 15.5 Å². The number of hydrogen-bond donors (Lipinski definition) is 2. The summed E-state index contributed by atoms with van der Waals surface area (Å²) in [6.45, 7) is 3.27. The third-order valence-corrected chi connectivity index (χ3v) is 6.29. The zero-order valence-electron chi connectivity index (χ0n) is 16.9. The zero-order valence-corrected chi connectivity index (χ0v) is 20.1. The SMILES string of the molecule is CCNC(=NCc1cccc(OC)c1)NCC1CCN(S(=O)(=O)C(F)(F)F)CC1.I. The summed E-state index contributed by atoms with van der Waals surface area (Å²) in [5.74, 6) is 1.41. The van der Waals surface area contributed by atoms with E-state index in [1.165, 1.54) is 0 Å². The van der Waals surface area contributed by atoms with Crippen LogP contribution in [-0.4, -0.2) is 57.5 Å². The van der Waals surface area contributed by atoms with Crippen LogP contribution >= 0.6 is 24.0 Å². The standard InChI is InChI=1S/C18H27F3N4O3S.HI/c1-3-22-17(24-13-15-5-4-6-16(11-15)28-2)23-12-14-7-9-25(10-8-14)29(26,27)18(19,20)21;/h4-6,11,14H,3,7-10,12-13H2,1-2H3,(H2,22,23,24);1H. The predicted molar refractivity (Wildman–Crippen MR) is 120 cm³/mol. The summed E-state index contributed by atoms with van der Waals surface area (Å²) in [5.41, 5.74) is -4.27. The highest BCUT2D eigenvalue weighted by Gasteiger charge is 2.50. The lowest BCUT2D eigenvalue weighted by Gasteiger charge is -2.31. The third-order valence-electron chi connectivity index (χ3n) is 4.66. The number of aliphatic imine (C=N–C) groups is 1. The van der Waals surface area contributed by atoms with E-state index in [1.807, 2.05) is 31.2 Å². The van der Waals surface area contributed by atoms with Crippen molar-refractivity contribution in [3.63, 3.8) is 0 Å². The quantitative estimate of drug-likeness (QED) is 0.303. The van der Waals surface area contributed by atoms with Crippen molar-refractivity contribution in [2.75, 3.05) is 33.3 Å². The van der Waals surface area contributed by atoms with Gasteiger partial charge in [0.15, 0.2) is 5.96 Å². The molecule has 12 heteroatoms. The van der Waals surface area contributed by atoms with E-state index in [0.717, 1.165) is 11.3 Å². The van der Waals surface area contributed by atoms with Crippen molar-refractivity contribution >= 4 is 40.0 Å². The Labute approximate surface area is 192 Å². The lowest BCUT2D eigenvalue weighted by Crippen LogP contribution is -2.47. The maximum absolute atomic E-state index is 12.7. The molecule has 2 N–H and O–H groups in total. The Morgan fingerprint density at radius 3 is 2.50 bits per heavy atom. The molecule has 1 aliphatic heterocycles. The van der Waals surface area contributed by atoms with Gasteiger partial charge in [0.05, 0.1) is 13.7 Å². The summed E-state index contributed by atoms with van der Waals surface area (Å²) in [4.78, 5) is 4.51. The van der Waals surface area contributed by atoms with Gasteiger partial charge in [-0.3, -0.25) is 0 Å². The first-order valence-corrected chi connectivity index (χ1v) is 10.8. The number of halogens is 4. The molecule has 0 aliphatic carbocycles. The van der Waals surface area contributed by atoms with Crippen molar-refractivity contribution in [1.29, 1.82) is 0 Å². The lowest BCUT2D eigenvalue weighted by molar-refractivity contribution is -0.0496. The van der Waals surface area contributed by atoms with Crippen LogP contribution in [0.1, 0.15) is 25.3 Å². The minimum atomic E-state index is -5.25. The predicted octanol–water partition coefficient (Wildman–Crippen LogP) is 2.93. The molecule has 7 nitrogen and oxygen atoms in total. The van der Waals surface area contributed by atoms with Gasteiger partial charge in [-0.1, -0.05) is 12.1 Å². The molecule has 0 spiro atoms. The summed E-state index contributed by atoms with van der Waals surface area (Å²) < 4.78 is 66.6. The van der Waals surface area contributed by atoms with Crippen LogP contribution in [0.2, 0.25) is 0 Å². The first-order valence-electron chi connectivity index (χ1n) is 9.39. The number of piperidine rings is 1. The highest BCUT2D eigenvalue weighted by Crippen LogP contribution is 2.30. The van der Waals surface area contributed by atoms with Crippen LogP contribution in [0.4, 0.5) is 13.2 Å². The number of nitrogens with one attached hydrogen (secondary N) is 2. The average Bonchev–Trinajstić information content (AvgIpc) is 2.69. The van der Waals surface area contributed by atoms with Gasteiger partial charge in [-0.15, -0.1) is 24.0 Å². The van der Waals surface area contributed by atoms with Gasteiger partial charge in [0.25, 0.3) is 0 Å². The first kappa shape index (κ1) is 26.8. The number of ether oxygens (including phenoxy) is 1. The summed E-state index contributed by atoms with van der Waals surface area (Å²) in [6.07, 6.45) is 0.717. The topological polar surface area (TPSA) is 83.0 Å². The Hall–Kier alpha value is -1.28. The van der Waals surface area contributed by atoms with E-state index in [-0.39, 0.29) is 43.0 Å². The largest absolute Gasteiger partial charge is 0.511 e. The minimum absolute atomic E-state index is 0. The Bertz CT molecular complexity index is 798. The molecule has 30 heavy (non-hydrogen) atoms. The van der Waals surface area contributed by atoms with E-state index >= 15 is 0 Å². The van der Waals surface area contributed by atoms with Crippen molar-refractivity contribution in [3.8, 4) is 5.75 Å². The van der Waals surface area contributed by atoms with Crippen molar-refractivity contribution in [3.05, 3.63) is 29.8 Å². The van der Waals surface area contributed by atoms with Crippen molar-refractivity contribution in [2.24, 2.45) is 10.9 Å². The molecule has 0 saturated carbocycles. The normalized spacial score (nSPS) is 16.6. The zero-order chi connectivity index (χ0) is 21.5. The van der Waals surface area contributed by atoms with Gasteiger partial charge in [-0.05, 0) is 43.4 Å². The molecule has 0 amide bonds. The van der Waals surface area contributed by atoms with Gasteiger partial charge in [0.2, 0.25) is 0 Å². The van der Waals surface area contributed by atoms with E-state index in [4.69, 9.17) is 4.74 Å². The third kappa shape index (κ3) is 7.45. The van der Waals surface area contributed by atoms with E-state index in [9.17, 15) is 21.6 Å². The van der Waals surface area contributed by atoms with Crippen LogP contribution in [0, 0.1) is 5.92 Å². The van der Waals surface area contributed by atoms with Gasteiger partial charge >= 0.3 is 15.5 Å². The number of rotatable bonds is 7. The van der Waals surface area contributed by atoms with Gasteiger partial charge in [-0.25, -0.2) is 13.4 Å². The number of benzene rings is 1. The molecule has 1 heterocycles. The minimum Gasteiger partial charge on any atom is -0.497 e. The molecule has 1 aromatic rings. The summed E-state index contributed by atoms with van der Waals surface area (Å²) >= 11 is 0. The van der Waals surface area contributed by atoms with Gasteiger partial charge in [-0.2, -0.15) is 17.5 Å². The second kappa shape index (κ2) is 11.9. The van der Waals surface area contributed by atoms with Gasteiger partial charge < -0.3 is 15.4 Å². The maximum Gasteiger partial charge on any atom is 0.511 e. The summed E-state index contributed by atoms with van der Waals surface area (Å²) in [6, 6.07) is 7.56. The first-order chi connectivity index (χ1) is 13.7. The van der Waals surface area contributed by atoms with Crippen LogP contribution < -0.4 is 15.4 Å². The second-order valence-corrected chi connectivity index (χ2v) is 8.65. The molecule has 1 fully saturated rings. The number of alkyl halides is 3. The number of sulfonamides is 1. The molecular weight excluding hydrogens is 536 g/mol. The highest BCUT2D eigenvalue weighted by atomic mass is 127. The van der Waals surface area contributed by atoms with Crippen LogP contribution in [0.25, 0.3) is 0 Å². The molecular formula is C18H28F3IN4O3S. The Balaban J connectivity index is 0.00000450. The Morgan fingerprint density at radius 1 is 1.27 bits per heavy atom. The number of methoxy groups -OCH3 is 1. The van der Waals surface area contributed by atoms with Crippen molar-refractivity contribution < 1.29 is 26.3 Å². The summed E-state index contributed by atoms with van der Waals surface area (Å²) in [7, 11) is -3.64. The van der Waals surface area contributed by atoms with Crippen molar-refractivity contribution in [1.82, 2.24) is 14.9 Å². The number of hydrogen-bond acceptors (Lipinski definition) is 4. The maximum atomic E-state index is 12.7. The van der Waals surface area contributed by atoms with Crippen LogP contribution in [0.3, 0.4) is 0 Å². The molecule has 0 unspecified atom stereocenters. The second-order valence-electron chi connectivity index (χ2n) is 6.72. The molecule has 1 aromatic carbocycles. The molecule has 2 rings (SSSR count). The monoisotopic (exact) mass is 564 g/mol. The fraction of sp³-hybridized carbons (Fsp3) is 0.611. The van der Waals surface area contributed by atoms with Gasteiger partial charge in [0.1, 0.15) is 5.75 Å². The molecule has 0 aromatic heterocycles. The average molecular weight is 564 g/mol. The fourth-order valence-electron chi connectivity index (χ4n) is 3.02. The lowest BCUT2D eigenvalue weighted by atomic mass is 9.98. The van der Waals surface area contributed by atoms with E-state index in [0.29, 0.717) is 42.7 Å². The van der Waals surface area contributed by atoms with Crippen LogP contribution in [0.5, 0.6) is 5.75 Å². The smallest absolute Gasteiger partial charge is 0.497 e. The number of nitrogens with zero attached hydrogens (tertiary/aromatic N) is 2. The molecule has 0 atom stereocenters. The van der Waals surface area contributed by atoms with E-state index in [1.54, 1.807) is 7.11 Å². The molecule has 1 saturated heterocycles. The highest BCUT2D eigenvalue weighted by molar-refractivity contribution is 14.0. The Morgan fingerprint density at radius 2 is 1.93 bits per heavy atom. The van der Waals surface area contributed by atoms with Crippen molar-refractivity contribution in [2.45, 2.75) is 31.8 Å². The van der Waals surface area contributed by atoms with Gasteiger partial charge in [0, 0.05) is 26.2 Å².